The second kappa shape index (κ2) is 14.5. The van der Waals surface area contributed by atoms with Gasteiger partial charge in [-0.25, -0.2) is 0 Å². The van der Waals surface area contributed by atoms with Crippen molar-refractivity contribution < 1.29 is 0 Å². The van der Waals surface area contributed by atoms with E-state index in [2.05, 4.69) is 224 Å². The van der Waals surface area contributed by atoms with Crippen LogP contribution in [0.4, 0.5) is 51.2 Å². The van der Waals surface area contributed by atoms with E-state index in [1.165, 1.54) is 85.5 Å². The molecule has 11 rings (SSSR count). The molecular weight excluding hydrogens is 725 g/mol. The molecule has 3 aliphatic rings. The molecule has 0 atom stereocenters. The summed E-state index contributed by atoms with van der Waals surface area (Å²) in [5.74, 6) is 0. The van der Waals surface area contributed by atoms with Crippen molar-refractivity contribution in [1.82, 2.24) is 0 Å². The molecule has 2 heterocycles. The van der Waals surface area contributed by atoms with Gasteiger partial charge >= 0.3 is 0 Å². The van der Waals surface area contributed by atoms with Crippen molar-refractivity contribution in [3.63, 3.8) is 0 Å². The summed E-state index contributed by atoms with van der Waals surface area (Å²) in [5.41, 5.74) is 21.3. The van der Waals surface area contributed by atoms with Crippen LogP contribution in [0.2, 0.25) is 0 Å². The normalized spacial score (nSPS) is 13.9. The van der Waals surface area contributed by atoms with Gasteiger partial charge in [-0.2, -0.15) is 0 Å². The Morgan fingerprint density at radius 3 is 1.48 bits per heavy atom. The van der Waals surface area contributed by atoms with Crippen molar-refractivity contribution in [2.75, 3.05) is 14.7 Å². The predicted octanol–water partition coefficient (Wildman–Crippen LogP) is 13.1. The van der Waals surface area contributed by atoms with Crippen LogP contribution in [-0.4, -0.2) is 6.71 Å². The van der Waals surface area contributed by atoms with Gasteiger partial charge < -0.3 is 14.7 Å². The summed E-state index contributed by atoms with van der Waals surface area (Å²) in [6.07, 6.45) is 4.68. The monoisotopic (exact) mass is 773 g/mol. The second-order valence-corrected chi connectivity index (χ2v) is 17.6. The zero-order chi connectivity index (χ0) is 40.4. The lowest BCUT2D eigenvalue weighted by atomic mass is 9.33. The van der Waals surface area contributed by atoms with Gasteiger partial charge in [0.1, 0.15) is 0 Å². The zero-order valence-electron chi connectivity index (χ0n) is 34.6. The highest BCUT2D eigenvalue weighted by atomic mass is 15.2. The number of aryl methyl sites for hydroxylation is 2. The first-order valence-corrected chi connectivity index (χ1v) is 21.6. The largest absolute Gasteiger partial charge is 0.311 e. The third kappa shape index (κ3) is 6.04. The van der Waals surface area contributed by atoms with E-state index in [1.54, 1.807) is 0 Å². The maximum atomic E-state index is 2.56. The SMILES string of the molecule is CC(C)(C)c1ccc(N(c2cc3c4c(c2)N(c2ccccc2)c2ccccc2B4c2ccccc2N3c2ccccc2)c2cc3c(cc2-c2ccccc2)CCCC3)cc1. The van der Waals surface area contributed by atoms with Gasteiger partial charge in [-0.1, -0.05) is 136 Å². The van der Waals surface area contributed by atoms with Gasteiger partial charge in [0.15, 0.2) is 0 Å². The van der Waals surface area contributed by atoms with Gasteiger partial charge in [0.05, 0.1) is 11.4 Å². The summed E-state index contributed by atoms with van der Waals surface area (Å²) in [5, 5.41) is 0. The highest BCUT2D eigenvalue weighted by Gasteiger charge is 2.43. The molecule has 8 aromatic rings. The van der Waals surface area contributed by atoms with E-state index in [1.807, 2.05) is 0 Å². The van der Waals surface area contributed by atoms with Crippen LogP contribution in [0.25, 0.3) is 11.1 Å². The molecule has 0 unspecified atom stereocenters. The highest BCUT2D eigenvalue weighted by molar-refractivity contribution is 7.00. The standard InChI is InChI=1S/C56H48BN3/c1-56(2,3)42-31-33-45(34-32-42)58(52-36-41-22-14-13-21-40(41)35-47(52)39-19-7-4-8-20-39)46-37-53-55-54(38-46)60(44-25-11-6-12-26-44)51-30-18-16-28-49(51)57(55)48-27-15-17-29-50(48)59(53)43-23-9-5-10-24-43/h4-12,15-20,23-38H,13-14,21-22H2,1-3H3. The second-order valence-electron chi connectivity index (χ2n) is 17.6. The van der Waals surface area contributed by atoms with E-state index in [0.717, 1.165) is 35.6 Å². The number of hydrogen-bond donors (Lipinski definition) is 0. The Labute approximate surface area is 355 Å². The lowest BCUT2D eigenvalue weighted by Gasteiger charge is -2.45. The smallest absolute Gasteiger partial charge is 0.252 e. The number of rotatable bonds is 6. The molecule has 0 bridgehead atoms. The van der Waals surface area contributed by atoms with Crippen LogP contribution in [0.1, 0.15) is 50.3 Å². The van der Waals surface area contributed by atoms with Crippen molar-refractivity contribution in [2.45, 2.75) is 51.9 Å². The van der Waals surface area contributed by atoms with Crippen LogP contribution in [0.15, 0.2) is 188 Å². The molecule has 1 aliphatic carbocycles. The Kier molecular flexibility index (Phi) is 8.77. The van der Waals surface area contributed by atoms with E-state index < -0.39 is 0 Å². The molecule has 60 heavy (non-hydrogen) atoms. The number of nitrogens with zero attached hydrogens (tertiary/aromatic N) is 3. The third-order valence-corrected chi connectivity index (χ3v) is 12.9. The van der Waals surface area contributed by atoms with Gasteiger partial charge in [-0.15, -0.1) is 0 Å². The van der Waals surface area contributed by atoms with E-state index in [0.29, 0.717) is 0 Å². The molecule has 0 N–H and O–H groups in total. The van der Waals surface area contributed by atoms with Crippen molar-refractivity contribution >= 4 is 74.3 Å². The fourth-order valence-corrected chi connectivity index (χ4v) is 10.1. The number of benzene rings is 8. The summed E-state index contributed by atoms with van der Waals surface area (Å²) >= 11 is 0. The molecule has 0 aromatic heterocycles. The summed E-state index contributed by atoms with van der Waals surface area (Å²) in [6.45, 7) is 6.95. The average Bonchev–Trinajstić information content (AvgIpc) is 3.29. The molecule has 4 heteroatoms. The Hall–Kier alpha value is -6.78. The molecular formula is C56H48BN3. The molecule has 290 valence electrons. The van der Waals surface area contributed by atoms with E-state index >= 15 is 0 Å². The first kappa shape index (κ1) is 36.3. The number of fused-ring (bicyclic) bond motifs is 5. The molecule has 2 aliphatic heterocycles. The Bertz CT molecular complexity index is 2750. The van der Waals surface area contributed by atoms with Gasteiger partial charge in [-0.05, 0) is 143 Å². The lowest BCUT2D eigenvalue weighted by molar-refractivity contribution is 0.590. The summed E-state index contributed by atoms with van der Waals surface area (Å²) in [4.78, 5) is 7.58. The Morgan fingerprint density at radius 1 is 0.467 bits per heavy atom. The van der Waals surface area contributed by atoms with Crippen molar-refractivity contribution in [3.8, 4) is 11.1 Å². The fraction of sp³-hybridized carbons (Fsp3) is 0.143. The Morgan fingerprint density at radius 2 is 0.950 bits per heavy atom. The predicted molar refractivity (Wildman–Crippen MR) is 256 cm³/mol. The number of anilines is 9. The quantitative estimate of drug-likeness (QED) is 0.156. The van der Waals surface area contributed by atoms with Gasteiger partial charge in [0.25, 0.3) is 6.71 Å². The van der Waals surface area contributed by atoms with E-state index in [9.17, 15) is 0 Å². The third-order valence-electron chi connectivity index (χ3n) is 12.9. The van der Waals surface area contributed by atoms with Crippen molar-refractivity contribution in [2.24, 2.45) is 0 Å². The minimum atomic E-state index is 0.0303. The molecule has 0 spiro atoms. The average molecular weight is 774 g/mol. The van der Waals surface area contributed by atoms with Crippen molar-refractivity contribution in [1.29, 1.82) is 0 Å². The molecule has 0 radical (unpaired) electrons. The molecule has 0 fully saturated rings. The number of hydrogen-bond acceptors (Lipinski definition) is 3. The molecule has 0 amide bonds. The molecule has 0 saturated heterocycles. The first-order chi connectivity index (χ1) is 29.4. The van der Waals surface area contributed by atoms with Crippen LogP contribution in [0, 0.1) is 0 Å². The van der Waals surface area contributed by atoms with Crippen LogP contribution in [0.3, 0.4) is 0 Å². The minimum absolute atomic E-state index is 0.0303. The fourth-order valence-electron chi connectivity index (χ4n) is 10.1. The van der Waals surface area contributed by atoms with Gasteiger partial charge in [-0.3, -0.25) is 0 Å². The summed E-state index contributed by atoms with van der Waals surface area (Å²) < 4.78 is 0. The molecule has 8 aromatic carbocycles. The van der Waals surface area contributed by atoms with Gasteiger partial charge in [0.2, 0.25) is 0 Å². The maximum absolute atomic E-state index is 2.56. The van der Waals surface area contributed by atoms with E-state index in [4.69, 9.17) is 0 Å². The van der Waals surface area contributed by atoms with E-state index in [-0.39, 0.29) is 12.1 Å². The first-order valence-electron chi connectivity index (χ1n) is 21.6. The van der Waals surface area contributed by atoms with Crippen LogP contribution in [0.5, 0.6) is 0 Å². The molecule has 3 nitrogen and oxygen atoms in total. The van der Waals surface area contributed by atoms with Crippen LogP contribution in [-0.2, 0) is 18.3 Å². The van der Waals surface area contributed by atoms with Crippen LogP contribution < -0.4 is 31.1 Å². The summed E-state index contributed by atoms with van der Waals surface area (Å²) in [7, 11) is 0. The van der Waals surface area contributed by atoms with Gasteiger partial charge in [0, 0.05) is 45.4 Å². The Balaban J connectivity index is 1.26. The molecule has 0 saturated carbocycles. The zero-order valence-corrected chi connectivity index (χ0v) is 34.6. The van der Waals surface area contributed by atoms with Crippen molar-refractivity contribution in [3.05, 3.63) is 205 Å². The maximum Gasteiger partial charge on any atom is 0.252 e. The highest BCUT2D eigenvalue weighted by Crippen LogP contribution is 2.50. The number of para-hydroxylation sites is 4. The summed E-state index contributed by atoms with van der Waals surface area (Å²) in [6, 6.07) is 70.4. The minimum Gasteiger partial charge on any atom is -0.311 e. The topological polar surface area (TPSA) is 9.72 Å². The lowest BCUT2D eigenvalue weighted by Crippen LogP contribution is -2.61. The van der Waals surface area contributed by atoms with Crippen LogP contribution >= 0.6 is 0 Å².